The standard InChI is InChI=1S/C25H40F2/c1-18-3-10-22(11-4-18)19(2)17-21-7-14-24(15-8-21)23-12-5-20(6-13-23)9-16-25(26)27/h16-18,20-24H,3-15H2,1-2H3. The van der Waals surface area contributed by atoms with E-state index < -0.39 is 6.08 Å². The van der Waals surface area contributed by atoms with E-state index in [4.69, 9.17) is 0 Å². The van der Waals surface area contributed by atoms with Gasteiger partial charge in [0.1, 0.15) is 0 Å². The van der Waals surface area contributed by atoms with Crippen LogP contribution >= 0.6 is 0 Å². The first-order chi connectivity index (χ1) is 13.0. The van der Waals surface area contributed by atoms with Gasteiger partial charge in [0.15, 0.2) is 0 Å². The van der Waals surface area contributed by atoms with Gasteiger partial charge in [-0.05, 0) is 119 Å². The number of allylic oxidation sites excluding steroid dienone is 3. The number of hydrogen-bond donors (Lipinski definition) is 0. The van der Waals surface area contributed by atoms with Gasteiger partial charge in [0.25, 0.3) is 6.08 Å². The lowest BCUT2D eigenvalue weighted by Crippen LogP contribution is -2.25. The normalized spacial score (nSPS) is 38.4. The molecule has 0 heterocycles. The van der Waals surface area contributed by atoms with E-state index in [0.29, 0.717) is 12.3 Å². The molecule has 0 atom stereocenters. The van der Waals surface area contributed by atoms with Gasteiger partial charge in [0, 0.05) is 0 Å². The Labute approximate surface area is 165 Å². The summed E-state index contributed by atoms with van der Waals surface area (Å²) in [5, 5.41) is 0. The zero-order valence-corrected chi connectivity index (χ0v) is 17.6. The minimum absolute atomic E-state index is 0.503. The smallest absolute Gasteiger partial charge is 0.174 e. The van der Waals surface area contributed by atoms with Crippen LogP contribution in [-0.2, 0) is 0 Å². The van der Waals surface area contributed by atoms with Crippen LogP contribution in [0, 0.1) is 35.5 Å². The molecule has 0 aromatic rings. The molecule has 0 N–H and O–H groups in total. The van der Waals surface area contributed by atoms with Crippen molar-refractivity contribution in [3.8, 4) is 0 Å². The quantitative estimate of drug-likeness (QED) is 0.420. The van der Waals surface area contributed by atoms with Gasteiger partial charge in [-0.1, -0.05) is 31.4 Å². The van der Waals surface area contributed by atoms with Gasteiger partial charge >= 0.3 is 0 Å². The van der Waals surface area contributed by atoms with Crippen LogP contribution in [0.1, 0.15) is 97.3 Å². The Balaban J connectivity index is 1.39. The van der Waals surface area contributed by atoms with Crippen LogP contribution in [0.3, 0.4) is 0 Å². The molecule has 0 amide bonds. The van der Waals surface area contributed by atoms with Gasteiger partial charge in [-0.15, -0.1) is 0 Å². The van der Waals surface area contributed by atoms with Gasteiger partial charge in [-0.2, -0.15) is 8.78 Å². The molecule has 3 fully saturated rings. The minimum Gasteiger partial charge on any atom is -0.174 e. The maximum Gasteiger partial charge on any atom is 0.266 e. The lowest BCUT2D eigenvalue weighted by molar-refractivity contribution is 0.155. The van der Waals surface area contributed by atoms with Crippen LogP contribution in [0.25, 0.3) is 0 Å². The highest BCUT2D eigenvalue weighted by molar-refractivity contribution is 5.07. The number of hydrogen-bond acceptors (Lipinski definition) is 0. The van der Waals surface area contributed by atoms with Gasteiger partial charge in [-0.25, -0.2) is 0 Å². The molecular formula is C25H40F2. The average molecular weight is 379 g/mol. The molecule has 154 valence electrons. The summed E-state index contributed by atoms with van der Waals surface area (Å²) < 4.78 is 24.6. The lowest BCUT2D eigenvalue weighted by Gasteiger charge is -2.37. The Morgan fingerprint density at radius 2 is 1.33 bits per heavy atom. The van der Waals surface area contributed by atoms with Crippen molar-refractivity contribution in [2.75, 3.05) is 0 Å². The van der Waals surface area contributed by atoms with E-state index in [1.807, 2.05) is 0 Å². The molecule has 3 saturated carbocycles. The van der Waals surface area contributed by atoms with Crippen molar-refractivity contribution >= 4 is 0 Å². The highest BCUT2D eigenvalue weighted by Crippen LogP contribution is 2.43. The van der Waals surface area contributed by atoms with Gasteiger partial charge < -0.3 is 0 Å². The molecule has 27 heavy (non-hydrogen) atoms. The van der Waals surface area contributed by atoms with Crippen LogP contribution in [0.15, 0.2) is 23.8 Å². The largest absolute Gasteiger partial charge is 0.266 e. The summed E-state index contributed by atoms with van der Waals surface area (Å²) >= 11 is 0. The zero-order chi connectivity index (χ0) is 19.2. The molecule has 0 aromatic carbocycles. The molecule has 3 aliphatic carbocycles. The maximum absolute atomic E-state index is 12.3. The third kappa shape index (κ3) is 6.43. The van der Waals surface area contributed by atoms with Crippen LogP contribution in [0.2, 0.25) is 0 Å². The summed E-state index contributed by atoms with van der Waals surface area (Å²) in [6, 6.07) is 0. The second-order valence-corrected chi connectivity index (χ2v) is 10.1. The average Bonchev–Trinajstić information content (AvgIpc) is 2.68. The Bertz CT molecular complexity index is 492. The summed E-state index contributed by atoms with van der Waals surface area (Å²) in [5.41, 5.74) is 1.68. The third-order valence-electron chi connectivity index (χ3n) is 8.14. The van der Waals surface area contributed by atoms with Crippen molar-refractivity contribution in [1.29, 1.82) is 0 Å². The predicted molar refractivity (Wildman–Crippen MR) is 111 cm³/mol. The Kier molecular flexibility index (Phi) is 7.97. The van der Waals surface area contributed by atoms with Gasteiger partial charge in [0.2, 0.25) is 0 Å². The molecular weight excluding hydrogens is 338 g/mol. The number of halogens is 2. The molecule has 0 aliphatic heterocycles. The first kappa shape index (κ1) is 21.1. The highest BCUT2D eigenvalue weighted by Gasteiger charge is 2.30. The molecule has 2 heteroatoms. The van der Waals surface area contributed by atoms with Crippen molar-refractivity contribution < 1.29 is 8.78 Å². The van der Waals surface area contributed by atoms with E-state index in [1.54, 1.807) is 5.57 Å². The monoisotopic (exact) mass is 378 g/mol. The first-order valence-electron chi connectivity index (χ1n) is 11.7. The third-order valence-corrected chi connectivity index (χ3v) is 8.14. The van der Waals surface area contributed by atoms with Crippen molar-refractivity contribution in [2.45, 2.75) is 97.3 Å². The molecule has 0 unspecified atom stereocenters. The van der Waals surface area contributed by atoms with E-state index >= 15 is 0 Å². The summed E-state index contributed by atoms with van der Waals surface area (Å²) in [6.07, 6.45) is 18.9. The highest BCUT2D eigenvalue weighted by atomic mass is 19.3. The van der Waals surface area contributed by atoms with Crippen molar-refractivity contribution in [3.05, 3.63) is 23.8 Å². The minimum atomic E-state index is -1.50. The molecule has 0 aromatic heterocycles. The fourth-order valence-corrected chi connectivity index (χ4v) is 6.16. The molecule has 3 aliphatic rings. The molecule has 0 saturated heterocycles. The van der Waals surface area contributed by atoms with E-state index in [-0.39, 0.29) is 0 Å². The van der Waals surface area contributed by atoms with Gasteiger partial charge in [-0.3, -0.25) is 0 Å². The topological polar surface area (TPSA) is 0 Å². The van der Waals surface area contributed by atoms with Crippen LogP contribution in [-0.4, -0.2) is 0 Å². The van der Waals surface area contributed by atoms with Crippen LogP contribution in [0.4, 0.5) is 8.78 Å². The van der Waals surface area contributed by atoms with Crippen molar-refractivity contribution in [3.63, 3.8) is 0 Å². The molecule has 0 spiro atoms. The summed E-state index contributed by atoms with van der Waals surface area (Å²) in [6.45, 7) is 4.79. The Morgan fingerprint density at radius 1 is 0.778 bits per heavy atom. The fourth-order valence-electron chi connectivity index (χ4n) is 6.16. The Morgan fingerprint density at radius 3 is 1.89 bits per heavy atom. The van der Waals surface area contributed by atoms with E-state index in [2.05, 4.69) is 19.9 Å². The molecule has 0 radical (unpaired) electrons. The molecule has 0 nitrogen and oxygen atoms in total. The van der Waals surface area contributed by atoms with Crippen LogP contribution < -0.4 is 0 Å². The van der Waals surface area contributed by atoms with Crippen LogP contribution in [0.5, 0.6) is 0 Å². The maximum atomic E-state index is 12.3. The van der Waals surface area contributed by atoms with E-state index in [0.717, 1.165) is 48.5 Å². The summed E-state index contributed by atoms with van der Waals surface area (Å²) in [4.78, 5) is 0. The summed E-state index contributed by atoms with van der Waals surface area (Å²) in [7, 11) is 0. The Hall–Kier alpha value is -0.660. The van der Waals surface area contributed by atoms with Crippen molar-refractivity contribution in [1.82, 2.24) is 0 Å². The molecule has 3 rings (SSSR count). The summed E-state index contributed by atoms with van der Waals surface area (Å²) in [5.74, 6) is 4.88. The SMILES string of the molecule is CC(=CC1CCC(C2CCC(CC=C(F)F)CC2)CC1)C1CCC(C)CC1. The molecule has 0 bridgehead atoms. The van der Waals surface area contributed by atoms with E-state index in [1.165, 1.54) is 64.2 Å². The number of rotatable bonds is 5. The predicted octanol–water partition coefficient (Wildman–Crippen LogP) is 8.54. The van der Waals surface area contributed by atoms with Gasteiger partial charge in [0.05, 0.1) is 0 Å². The lowest BCUT2D eigenvalue weighted by atomic mass is 9.68. The zero-order valence-electron chi connectivity index (χ0n) is 17.6. The van der Waals surface area contributed by atoms with E-state index in [9.17, 15) is 8.78 Å². The first-order valence-corrected chi connectivity index (χ1v) is 11.7. The second-order valence-electron chi connectivity index (χ2n) is 10.1. The van der Waals surface area contributed by atoms with Crippen molar-refractivity contribution in [2.24, 2.45) is 35.5 Å². The fraction of sp³-hybridized carbons (Fsp3) is 0.840. The second kappa shape index (κ2) is 10.2.